The summed E-state index contributed by atoms with van der Waals surface area (Å²) in [6.45, 7) is 11.9. The molecule has 2 N–H and O–H groups in total. The summed E-state index contributed by atoms with van der Waals surface area (Å²) in [4.78, 5) is 12.4. The lowest BCUT2D eigenvalue weighted by atomic mass is 9.95. The van der Waals surface area contributed by atoms with Crippen molar-refractivity contribution >= 4 is 11.6 Å². The highest BCUT2D eigenvalue weighted by Crippen LogP contribution is 2.37. The van der Waals surface area contributed by atoms with Gasteiger partial charge in [-0.1, -0.05) is 45.1 Å². The molecule has 0 unspecified atom stereocenters. The molecule has 1 rings (SSSR count). The molecular formula is C28H30F6N4O. The van der Waals surface area contributed by atoms with Gasteiger partial charge in [-0.05, 0) is 61.6 Å². The number of primary amides is 1. The molecule has 0 heterocycles. The van der Waals surface area contributed by atoms with Gasteiger partial charge in [-0.25, -0.2) is 5.01 Å². The van der Waals surface area contributed by atoms with Crippen LogP contribution in [0.5, 0.6) is 0 Å². The number of nitriles is 1. The van der Waals surface area contributed by atoms with Crippen molar-refractivity contribution in [2.75, 3.05) is 0 Å². The molecule has 39 heavy (non-hydrogen) atoms. The second-order valence-electron chi connectivity index (χ2n) is 8.70. The number of rotatable bonds is 10. The highest BCUT2D eigenvalue weighted by molar-refractivity contribution is 6.02. The van der Waals surface area contributed by atoms with Crippen molar-refractivity contribution in [1.29, 1.82) is 5.26 Å². The molecule has 0 bridgehead atoms. The normalized spacial score (nSPS) is 14.4. The summed E-state index contributed by atoms with van der Waals surface area (Å²) in [6, 6.07) is 3.16. The third kappa shape index (κ3) is 9.63. The van der Waals surface area contributed by atoms with Gasteiger partial charge < -0.3 is 5.73 Å². The van der Waals surface area contributed by atoms with Gasteiger partial charge in [-0.2, -0.15) is 36.7 Å². The van der Waals surface area contributed by atoms with Crippen LogP contribution in [-0.2, 0) is 17.1 Å². The number of halogens is 6. The SMILES string of the molecule is C=CN(\C=C(C(N)=O)/C(/C=C(\C)CC)=C/C(C#N)=C\C)/N=C(/c1cc(C(F)(F)F)cc(C(F)(F)F)c1)C(C)C. The summed E-state index contributed by atoms with van der Waals surface area (Å²) >= 11 is 0. The third-order valence-electron chi connectivity index (χ3n) is 5.39. The number of hydrazone groups is 1. The van der Waals surface area contributed by atoms with E-state index in [0.29, 0.717) is 18.6 Å². The van der Waals surface area contributed by atoms with E-state index in [9.17, 15) is 36.4 Å². The summed E-state index contributed by atoms with van der Waals surface area (Å²) in [6.07, 6.45) is -2.64. The fourth-order valence-corrected chi connectivity index (χ4v) is 3.18. The Morgan fingerprint density at radius 2 is 1.67 bits per heavy atom. The minimum atomic E-state index is -5.04. The van der Waals surface area contributed by atoms with E-state index in [0.717, 1.165) is 23.0 Å². The maximum absolute atomic E-state index is 13.4. The maximum Gasteiger partial charge on any atom is 0.416 e. The molecule has 0 saturated heterocycles. The van der Waals surface area contributed by atoms with Gasteiger partial charge >= 0.3 is 12.4 Å². The summed E-state index contributed by atoms with van der Waals surface area (Å²) in [7, 11) is 0. The average Bonchev–Trinajstić information content (AvgIpc) is 2.84. The second-order valence-corrected chi connectivity index (χ2v) is 8.70. The van der Waals surface area contributed by atoms with Gasteiger partial charge in [-0.3, -0.25) is 4.79 Å². The van der Waals surface area contributed by atoms with Gasteiger partial charge in [0.2, 0.25) is 0 Å². The summed E-state index contributed by atoms with van der Waals surface area (Å²) in [5.41, 5.74) is 3.28. The van der Waals surface area contributed by atoms with Crippen LogP contribution in [0, 0.1) is 17.2 Å². The van der Waals surface area contributed by atoms with Crippen molar-refractivity contribution in [3.8, 4) is 6.07 Å². The van der Waals surface area contributed by atoms with Gasteiger partial charge in [0.05, 0.1) is 28.5 Å². The number of allylic oxidation sites excluding steroid dienone is 5. The van der Waals surface area contributed by atoms with Gasteiger partial charge in [0, 0.05) is 18.0 Å². The standard InChI is InChI=1S/C28H30F6N4O/c1-7-18(6)10-20(11-19(8-2)15-35)24(26(36)39)16-38(9-3)37-25(17(4)5)21-12-22(27(29,30)31)14-23(13-21)28(32,33)34/h8-14,16-17H,3,7H2,1-2,4-6H3,(H2,36,39)/b18-10+,19-8+,20-11+,24-16+,37-25+. The monoisotopic (exact) mass is 552 g/mol. The molecular weight excluding hydrogens is 522 g/mol. The molecule has 210 valence electrons. The molecule has 0 aliphatic rings. The second kappa shape index (κ2) is 13.6. The fraction of sp³-hybridized carbons (Fsp3) is 0.321. The molecule has 1 amide bonds. The molecule has 11 heteroatoms. The van der Waals surface area contributed by atoms with E-state index in [2.05, 4.69) is 11.7 Å². The molecule has 0 fully saturated rings. The summed E-state index contributed by atoms with van der Waals surface area (Å²) < 4.78 is 80.6. The van der Waals surface area contributed by atoms with Gasteiger partial charge in [-0.15, -0.1) is 0 Å². The van der Waals surface area contributed by atoms with E-state index in [4.69, 9.17) is 5.73 Å². The van der Waals surface area contributed by atoms with Crippen LogP contribution < -0.4 is 5.73 Å². The topological polar surface area (TPSA) is 82.5 Å². The molecule has 1 aromatic rings. The Kier molecular flexibility index (Phi) is 11.5. The quantitative estimate of drug-likeness (QED) is 0.0808. The van der Waals surface area contributed by atoms with Crippen molar-refractivity contribution in [2.45, 2.75) is 53.4 Å². The van der Waals surface area contributed by atoms with Crippen LogP contribution in [0.25, 0.3) is 0 Å². The van der Waals surface area contributed by atoms with Crippen LogP contribution in [0.15, 0.2) is 82.8 Å². The van der Waals surface area contributed by atoms with E-state index >= 15 is 0 Å². The lowest BCUT2D eigenvalue weighted by Gasteiger charge is -2.20. The van der Waals surface area contributed by atoms with Crippen LogP contribution in [0.2, 0.25) is 0 Å². The molecule has 0 saturated carbocycles. The number of carbonyl (C=O) groups excluding carboxylic acids is 1. The molecule has 0 radical (unpaired) electrons. The predicted molar refractivity (Wildman–Crippen MR) is 139 cm³/mol. The molecule has 0 aliphatic heterocycles. The number of benzene rings is 1. The van der Waals surface area contributed by atoms with Crippen molar-refractivity contribution in [3.05, 3.63) is 94.4 Å². The zero-order chi connectivity index (χ0) is 30.1. The Balaban J connectivity index is 3.95. The average molecular weight is 553 g/mol. The van der Waals surface area contributed by atoms with Crippen LogP contribution in [0.4, 0.5) is 26.3 Å². The molecule has 0 spiro atoms. The van der Waals surface area contributed by atoms with Crippen molar-refractivity contribution in [2.24, 2.45) is 16.8 Å². The van der Waals surface area contributed by atoms with E-state index in [1.54, 1.807) is 19.9 Å². The fourth-order valence-electron chi connectivity index (χ4n) is 3.18. The number of hydrogen-bond acceptors (Lipinski definition) is 4. The Morgan fingerprint density at radius 1 is 1.13 bits per heavy atom. The molecule has 0 aliphatic carbocycles. The summed E-state index contributed by atoms with van der Waals surface area (Å²) in [5.74, 6) is -1.56. The first-order valence-corrected chi connectivity index (χ1v) is 11.7. The minimum Gasteiger partial charge on any atom is -0.366 e. The van der Waals surface area contributed by atoms with E-state index in [1.165, 1.54) is 26.0 Å². The third-order valence-corrected chi connectivity index (χ3v) is 5.39. The Morgan fingerprint density at radius 3 is 2.03 bits per heavy atom. The lowest BCUT2D eigenvalue weighted by Crippen LogP contribution is -2.21. The van der Waals surface area contributed by atoms with Crippen molar-refractivity contribution < 1.29 is 31.1 Å². The van der Waals surface area contributed by atoms with E-state index in [1.807, 2.05) is 13.0 Å². The van der Waals surface area contributed by atoms with Gasteiger partial charge in [0.15, 0.2) is 0 Å². The lowest BCUT2D eigenvalue weighted by molar-refractivity contribution is -0.143. The Bertz CT molecular complexity index is 1240. The van der Waals surface area contributed by atoms with Crippen molar-refractivity contribution in [1.82, 2.24) is 5.01 Å². The number of alkyl halides is 6. The van der Waals surface area contributed by atoms with Crippen molar-refractivity contribution in [3.63, 3.8) is 0 Å². The molecule has 0 aromatic heterocycles. The summed E-state index contributed by atoms with van der Waals surface area (Å²) in [5, 5.41) is 14.6. The highest BCUT2D eigenvalue weighted by atomic mass is 19.4. The maximum atomic E-state index is 13.4. The van der Waals surface area contributed by atoms with E-state index in [-0.39, 0.29) is 28.5 Å². The predicted octanol–water partition coefficient (Wildman–Crippen LogP) is 7.65. The number of amides is 1. The van der Waals surface area contributed by atoms with Crippen LogP contribution in [0.3, 0.4) is 0 Å². The largest absolute Gasteiger partial charge is 0.416 e. The van der Waals surface area contributed by atoms with Gasteiger partial charge in [0.25, 0.3) is 5.91 Å². The molecule has 5 nitrogen and oxygen atoms in total. The number of nitrogens with two attached hydrogens (primary N) is 1. The van der Waals surface area contributed by atoms with Crippen LogP contribution >= 0.6 is 0 Å². The zero-order valence-corrected chi connectivity index (χ0v) is 22.2. The number of nitrogens with zero attached hydrogens (tertiary/aromatic N) is 3. The van der Waals surface area contributed by atoms with Gasteiger partial charge in [0.1, 0.15) is 0 Å². The first kappa shape index (κ1) is 33.0. The number of hydrogen-bond donors (Lipinski definition) is 1. The first-order chi connectivity index (χ1) is 18.0. The molecule has 0 atom stereocenters. The van der Waals surface area contributed by atoms with E-state index < -0.39 is 40.9 Å². The van der Waals surface area contributed by atoms with Crippen LogP contribution in [0.1, 0.15) is 57.7 Å². The Labute approximate surface area is 224 Å². The molecule has 1 aromatic carbocycles. The smallest absolute Gasteiger partial charge is 0.366 e. The first-order valence-electron chi connectivity index (χ1n) is 11.7. The number of carbonyl (C=O) groups is 1. The highest BCUT2D eigenvalue weighted by Gasteiger charge is 2.37. The zero-order valence-electron chi connectivity index (χ0n) is 22.2. The van der Waals surface area contributed by atoms with Crippen LogP contribution in [-0.4, -0.2) is 16.6 Å². The Hall–Kier alpha value is -4.07. The minimum absolute atomic E-state index is 0.0330.